The van der Waals surface area contributed by atoms with Gasteiger partial charge in [0.15, 0.2) is 9.84 Å². The number of amides is 2. The van der Waals surface area contributed by atoms with Crippen LogP contribution in [0.15, 0.2) is 28.7 Å². The van der Waals surface area contributed by atoms with E-state index in [1.807, 2.05) is 24.3 Å². The Morgan fingerprint density at radius 3 is 2.58 bits per heavy atom. The Morgan fingerprint density at radius 1 is 1.27 bits per heavy atom. The molecule has 1 aliphatic heterocycles. The Kier molecular flexibility index (Phi) is 7.45. The van der Waals surface area contributed by atoms with Crippen LogP contribution in [0.3, 0.4) is 0 Å². The lowest BCUT2D eigenvalue weighted by Crippen LogP contribution is -2.51. The quantitative estimate of drug-likeness (QED) is 0.638. The molecule has 1 heterocycles. The summed E-state index contributed by atoms with van der Waals surface area (Å²) in [5.74, 6) is 0.192. The molecule has 1 aliphatic rings. The first-order valence-corrected chi connectivity index (χ1v) is 11.1. The molecule has 0 saturated carbocycles. The summed E-state index contributed by atoms with van der Waals surface area (Å²) in [5, 5.41) is 2.66. The number of hydrogen-bond donors (Lipinski definition) is 1. The molecule has 7 nitrogen and oxygen atoms in total. The molecule has 2 amide bonds. The number of benzene rings is 1. The molecule has 0 bridgehead atoms. The first-order valence-electron chi connectivity index (χ1n) is 8.44. The topological polar surface area (TPSA) is 92.8 Å². The summed E-state index contributed by atoms with van der Waals surface area (Å²) in [6.45, 7) is 2.37. The fraction of sp³-hybridized carbons (Fsp3) is 0.529. The molecule has 9 heteroatoms. The smallest absolute Gasteiger partial charge is 0.244 e. The highest BCUT2D eigenvalue weighted by Gasteiger charge is 2.28. The van der Waals surface area contributed by atoms with Crippen molar-refractivity contribution in [3.05, 3.63) is 28.7 Å². The van der Waals surface area contributed by atoms with Crippen LogP contribution >= 0.6 is 15.9 Å². The van der Waals surface area contributed by atoms with Gasteiger partial charge in [0.05, 0.1) is 22.6 Å². The predicted molar refractivity (Wildman–Crippen MR) is 102 cm³/mol. The zero-order valence-corrected chi connectivity index (χ0v) is 17.0. The summed E-state index contributed by atoms with van der Waals surface area (Å²) in [7, 11) is -3.04. The van der Waals surface area contributed by atoms with Crippen LogP contribution in [0.25, 0.3) is 0 Å². The zero-order valence-electron chi connectivity index (χ0n) is 14.6. The molecular weight excluding hydrogens is 424 g/mol. The number of para-hydroxylation sites is 1. The normalized spacial score (nSPS) is 17.4. The van der Waals surface area contributed by atoms with Crippen LogP contribution in [0.1, 0.15) is 19.8 Å². The van der Waals surface area contributed by atoms with Gasteiger partial charge in [-0.25, -0.2) is 8.42 Å². The number of nitrogens with zero attached hydrogens (tertiary/aromatic N) is 1. The van der Waals surface area contributed by atoms with Crippen molar-refractivity contribution in [3.63, 3.8) is 0 Å². The zero-order chi connectivity index (χ0) is 19.2. The predicted octanol–water partition coefficient (Wildman–Crippen LogP) is 1.37. The van der Waals surface area contributed by atoms with Crippen molar-refractivity contribution in [1.82, 2.24) is 10.2 Å². The number of nitrogens with one attached hydrogen (secondary N) is 1. The van der Waals surface area contributed by atoms with Crippen molar-refractivity contribution in [1.29, 1.82) is 0 Å². The van der Waals surface area contributed by atoms with Gasteiger partial charge in [0.2, 0.25) is 11.8 Å². The van der Waals surface area contributed by atoms with Gasteiger partial charge in [0.25, 0.3) is 0 Å². The van der Waals surface area contributed by atoms with Crippen molar-refractivity contribution in [3.8, 4) is 5.75 Å². The third kappa shape index (κ3) is 6.28. The average molecular weight is 447 g/mol. The Labute approximate surface area is 162 Å². The van der Waals surface area contributed by atoms with Gasteiger partial charge in [0.1, 0.15) is 11.8 Å². The van der Waals surface area contributed by atoms with E-state index in [0.717, 1.165) is 10.2 Å². The van der Waals surface area contributed by atoms with Crippen LogP contribution in [0.5, 0.6) is 5.75 Å². The fourth-order valence-corrected chi connectivity index (χ4v) is 4.16. The van der Waals surface area contributed by atoms with Gasteiger partial charge in [-0.2, -0.15) is 0 Å². The third-order valence-electron chi connectivity index (χ3n) is 4.05. The van der Waals surface area contributed by atoms with Crippen molar-refractivity contribution in [2.75, 3.05) is 31.2 Å². The summed E-state index contributed by atoms with van der Waals surface area (Å²) in [4.78, 5) is 25.8. The molecule has 1 atom stereocenters. The number of ether oxygens (including phenoxy) is 1. The summed E-state index contributed by atoms with van der Waals surface area (Å²) >= 11 is 3.39. The Bertz CT molecular complexity index is 739. The number of halogens is 1. The van der Waals surface area contributed by atoms with E-state index in [1.165, 1.54) is 4.90 Å². The molecule has 0 aliphatic carbocycles. The van der Waals surface area contributed by atoms with E-state index >= 15 is 0 Å². The van der Waals surface area contributed by atoms with E-state index in [0.29, 0.717) is 13.0 Å². The number of carbonyl (C=O) groups is 2. The fourth-order valence-electron chi connectivity index (χ4n) is 2.56. The lowest BCUT2D eigenvalue weighted by Gasteiger charge is -2.29. The van der Waals surface area contributed by atoms with Crippen LogP contribution in [0.4, 0.5) is 0 Å². The average Bonchev–Trinajstić information content (AvgIpc) is 2.59. The molecule has 144 valence electrons. The van der Waals surface area contributed by atoms with E-state index < -0.39 is 15.9 Å². The summed E-state index contributed by atoms with van der Waals surface area (Å²) in [6.07, 6.45) is 0.770. The molecule has 26 heavy (non-hydrogen) atoms. The van der Waals surface area contributed by atoms with Gasteiger partial charge in [-0.15, -0.1) is 0 Å². The Hall–Kier alpha value is -1.61. The van der Waals surface area contributed by atoms with Crippen LogP contribution in [-0.4, -0.2) is 62.4 Å². The number of sulfone groups is 1. The highest BCUT2D eigenvalue weighted by molar-refractivity contribution is 9.10. The minimum Gasteiger partial charge on any atom is -0.492 e. The maximum atomic E-state index is 12.3. The molecule has 0 spiro atoms. The summed E-state index contributed by atoms with van der Waals surface area (Å²) < 4.78 is 29.3. The van der Waals surface area contributed by atoms with E-state index in [1.54, 1.807) is 6.92 Å². The maximum Gasteiger partial charge on any atom is 0.244 e. The van der Waals surface area contributed by atoms with Gasteiger partial charge in [-0.1, -0.05) is 12.1 Å². The SMILES string of the molecule is CC(NC(=O)CCCOc1ccccc1Br)C(=O)N1CCS(=O)(=O)CC1. The maximum absolute atomic E-state index is 12.3. The van der Waals surface area contributed by atoms with Gasteiger partial charge in [-0.3, -0.25) is 9.59 Å². The second-order valence-corrected chi connectivity index (χ2v) is 9.31. The van der Waals surface area contributed by atoms with Crippen molar-refractivity contribution in [2.45, 2.75) is 25.8 Å². The van der Waals surface area contributed by atoms with E-state index in [9.17, 15) is 18.0 Å². The van der Waals surface area contributed by atoms with E-state index in [4.69, 9.17) is 4.74 Å². The first-order chi connectivity index (χ1) is 12.3. The van der Waals surface area contributed by atoms with E-state index in [-0.39, 0.29) is 42.8 Å². The molecule has 1 fully saturated rings. The summed E-state index contributed by atoms with van der Waals surface area (Å²) in [5.41, 5.74) is 0. The van der Waals surface area contributed by atoms with Crippen molar-refractivity contribution < 1.29 is 22.7 Å². The second kappa shape index (κ2) is 9.36. The standard InChI is InChI=1S/C17H23BrN2O5S/c1-13(17(22)20-8-11-26(23,24)12-9-20)19-16(21)7-4-10-25-15-6-3-2-5-14(15)18/h2-3,5-6,13H,4,7-12H2,1H3,(H,19,21). The highest BCUT2D eigenvalue weighted by Crippen LogP contribution is 2.23. The van der Waals surface area contributed by atoms with E-state index in [2.05, 4.69) is 21.2 Å². The lowest BCUT2D eigenvalue weighted by molar-refractivity contribution is -0.135. The molecular formula is C17H23BrN2O5S. The molecule has 1 saturated heterocycles. The minimum atomic E-state index is -3.04. The first kappa shape index (κ1) is 20.7. The van der Waals surface area contributed by atoms with Crippen LogP contribution in [0.2, 0.25) is 0 Å². The van der Waals surface area contributed by atoms with Crippen molar-refractivity contribution >= 4 is 37.6 Å². The highest BCUT2D eigenvalue weighted by atomic mass is 79.9. The molecule has 1 unspecified atom stereocenters. The third-order valence-corrected chi connectivity index (χ3v) is 6.31. The van der Waals surface area contributed by atoms with Crippen LogP contribution in [0, 0.1) is 0 Å². The Morgan fingerprint density at radius 2 is 1.92 bits per heavy atom. The minimum absolute atomic E-state index is 0.0220. The monoisotopic (exact) mass is 446 g/mol. The van der Waals surface area contributed by atoms with Gasteiger partial charge in [-0.05, 0) is 41.4 Å². The molecule has 0 aromatic heterocycles. The second-order valence-electron chi connectivity index (χ2n) is 6.15. The van der Waals surface area contributed by atoms with Gasteiger partial charge < -0.3 is 15.0 Å². The number of rotatable bonds is 7. The molecule has 0 radical (unpaired) electrons. The van der Waals surface area contributed by atoms with Gasteiger partial charge in [0, 0.05) is 19.5 Å². The largest absolute Gasteiger partial charge is 0.492 e. The van der Waals surface area contributed by atoms with Crippen LogP contribution in [-0.2, 0) is 19.4 Å². The molecule has 1 N–H and O–H groups in total. The summed E-state index contributed by atoms with van der Waals surface area (Å²) in [6, 6.07) is 6.80. The molecule has 2 rings (SSSR count). The number of hydrogen-bond acceptors (Lipinski definition) is 5. The number of carbonyl (C=O) groups excluding carboxylic acids is 2. The molecule has 1 aromatic carbocycles. The molecule has 1 aromatic rings. The van der Waals surface area contributed by atoms with Crippen molar-refractivity contribution in [2.24, 2.45) is 0 Å². The Balaban J connectivity index is 1.68. The lowest BCUT2D eigenvalue weighted by atomic mass is 10.2. The van der Waals surface area contributed by atoms with Crippen LogP contribution < -0.4 is 10.1 Å². The van der Waals surface area contributed by atoms with Gasteiger partial charge >= 0.3 is 0 Å².